The van der Waals surface area contributed by atoms with Crippen molar-refractivity contribution in [3.63, 3.8) is 0 Å². The molecule has 0 bridgehead atoms. The highest BCUT2D eigenvalue weighted by molar-refractivity contribution is 6.08. The summed E-state index contributed by atoms with van der Waals surface area (Å²) >= 11 is 0. The van der Waals surface area contributed by atoms with Gasteiger partial charge in [0.1, 0.15) is 6.54 Å². The summed E-state index contributed by atoms with van der Waals surface area (Å²) in [7, 11) is 0. The smallest absolute Gasteiger partial charge is 0.244 e. The van der Waals surface area contributed by atoms with E-state index in [0.717, 1.165) is 33.4 Å². The Morgan fingerprint density at radius 3 is 2.24 bits per heavy atom. The van der Waals surface area contributed by atoms with Crippen LogP contribution in [0.25, 0.3) is 10.9 Å². The molecule has 0 unspecified atom stereocenters. The first kappa shape index (κ1) is 17.0. The van der Waals surface area contributed by atoms with E-state index in [1.807, 2.05) is 67.8 Å². The normalized spacial score (nSPS) is 10.9. The maximum absolute atomic E-state index is 12.6. The third-order valence-electron chi connectivity index (χ3n) is 4.63. The second kappa shape index (κ2) is 6.55. The van der Waals surface area contributed by atoms with E-state index < -0.39 is 0 Å². The van der Waals surface area contributed by atoms with Crippen LogP contribution in [-0.2, 0) is 11.3 Å². The largest absolute Gasteiger partial charge is 0.335 e. The van der Waals surface area contributed by atoms with Crippen molar-refractivity contribution in [3.05, 3.63) is 64.8 Å². The fourth-order valence-corrected chi connectivity index (χ4v) is 3.41. The highest BCUT2D eigenvalue weighted by Crippen LogP contribution is 2.26. The van der Waals surface area contributed by atoms with Crippen LogP contribution in [-0.4, -0.2) is 16.3 Å². The summed E-state index contributed by atoms with van der Waals surface area (Å²) in [5.74, 6) is -0.0843. The minimum Gasteiger partial charge on any atom is -0.335 e. The lowest BCUT2D eigenvalue weighted by Crippen LogP contribution is -2.20. The number of anilines is 1. The molecular formula is C21H22N2O2. The number of hydrogen-bond acceptors (Lipinski definition) is 2. The van der Waals surface area contributed by atoms with E-state index in [-0.39, 0.29) is 18.2 Å². The molecule has 1 aromatic heterocycles. The predicted octanol–water partition coefficient (Wildman–Crippen LogP) is 4.41. The van der Waals surface area contributed by atoms with Gasteiger partial charge in [-0.3, -0.25) is 9.59 Å². The Morgan fingerprint density at radius 2 is 1.60 bits per heavy atom. The second-order valence-electron chi connectivity index (χ2n) is 6.43. The van der Waals surface area contributed by atoms with Crippen LogP contribution in [0.3, 0.4) is 0 Å². The van der Waals surface area contributed by atoms with Crippen LogP contribution in [0.15, 0.2) is 42.5 Å². The van der Waals surface area contributed by atoms with Crippen molar-refractivity contribution < 1.29 is 9.59 Å². The molecule has 2 aromatic carbocycles. The van der Waals surface area contributed by atoms with Crippen molar-refractivity contribution in [2.24, 2.45) is 0 Å². The summed E-state index contributed by atoms with van der Waals surface area (Å²) < 4.78 is 1.91. The first-order chi connectivity index (χ1) is 11.9. The number of ketones is 1. The van der Waals surface area contributed by atoms with Gasteiger partial charge >= 0.3 is 0 Å². The van der Waals surface area contributed by atoms with Gasteiger partial charge in [-0.05, 0) is 44.9 Å². The number of amides is 1. The predicted molar refractivity (Wildman–Crippen MR) is 101 cm³/mol. The molecule has 0 aliphatic heterocycles. The van der Waals surface area contributed by atoms with Crippen LogP contribution in [0.5, 0.6) is 0 Å². The number of benzene rings is 2. The van der Waals surface area contributed by atoms with Crippen molar-refractivity contribution in [1.82, 2.24) is 4.57 Å². The summed E-state index contributed by atoms with van der Waals surface area (Å²) in [6.07, 6.45) is 0. The molecule has 128 valence electrons. The molecule has 4 heteroatoms. The molecule has 0 aliphatic rings. The van der Waals surface area contributed by atoms with Crippen LogP contribution in [0.4, 0.5) is 5.69 Å². The lowest BCUT2D eigenvalue weighted by atomic mass is 10.1. The van der Waals surface area contributed by atoms with Crippen LogP contribution >= 0.6 is 0 Å². The van der Waals surface area contributed by atoms with Gasteiger partial charge < -0.3 is 9.88 Å². The number of aromatic nitrogens is 1. The molecule has 0 fully saturated rings. The third-order valence-corrected chi connectivity index (χ3v) is 4.63. The van der Waals surface area contributed by atoms with Crippen molar-refractivity contribution in [3.8, 4) is 0 Å². The maximum Gasteiger partial charge on any atom is 0.244 e. The zero-order valence-electron chi connectivity index (χ0n) is 15.0. The average Bonchev–Trinajstić information content (AvgIpc) is 2.83. The number of Topliss-reactive ketones (excluding diaryl/α,β-unsaturated/α-hetero) is 1. The van der Waals surface area contributed by atoms with Gasteiger partial charge in [0.2, 0.25) is 5.91 Å². The monoisotopic (exact) mass is 334 g/mol. The number of fused-ring (bicyclic) bond motifs is 1. The van der Waals surface area contributed by atoms with E-state index in [1.54, 1.807) is 6.92 Å². The number of nitrogens with zero attached hydrogens (tertiary/aromatic N) is 1. The van der Waals surface area contributed by atoms with Crippen LogP contribution in [0, 0.1) is 20.8 Å². The van der Waals surface area contributed by atoms with E-state index in [4.69, 9.17) is 0 Å². The average molecular weight is 334 g/mol. The van der Waals surface area contributed by atoms with E-state index >= 15 is 0 Å². The Hall–Kier alpha value is -2.88. The number of hydrogen-bond donors (Lipinski definition) is 1. The van der Waals surface area contributed by atoms with Gasteiger partial charge in [0, 0.05) is 27.8 Å². The first-order valence-corrected chi connectivity index (χ1v) is 8.35. The van der Waals surface area contributed by atoms with Crippen LogP contribution < -0.4 is 5.32 Å². The summed E-state index contributed by atoms with van der Waals surface area (Å²) in [5.41, 5.74) is 5.34. The van der Waals surface area contributed by atoms with Crippen molar-refractivity contribution in [1.29, 1.82) is 0 Å². The second-order valence-corrected chi connectivity index (χ2v) is 6.43. The third kappa shape index (κ3) is 3.07. The van der Waals surface area contributed by atoms with E-state index in [9.17, 15) is 9.59 Å². The quantitative estimate of drug-likeness (QED) is 0.719. The van der Waals surface area contributed by atoms with Gasteiger partial charge in [0.05, 0.1) is 0 Å². The molecule has 0 saturated carbocycles. The van der Waals surface area contributed by atoms with Crippen molar-refractivity contribution in [2.45, 2.75) is 34.2 Å². The standard InChI is InChI=1S/C21H22N2O2/c1-13-8-7-9-14(2)21(13)22-19(25)12-23-15(3)20(16(4)24)17-10-5-6-11-18(17)23/h5-11H,12H2,1-4H3,(H,22,25). The molecular weight excluding hydrogens is 312 g/mol. The molecule has 3 rings (SSSR count). The zero-order chi connectivity index (χ0) is 18.1. The van der Waals surface area contributed by atoms with Crippen LogP contribution in [0.1, 0.15) is 34.1 Å². The summed E-state index contributed by atoms with van der Waals surface area (Å²) in [5, 5.41) is 3.91. The zero-order valence-corrected chi connectivity index (χ0v) is 15.0. The van der Waals surface area contributed by atoms with Gasteiger partial charge in [-0.2, -0.15) is 0 Å². The Balaban J connectivity index is 1.97. The number of para-hydroxylation sites is 2. The van der Waals surface area contributed by atoms with Crippen molar-refractivity contribution >= 4 is 28.3 Å². The van der Waals surface area contributed by atoms with Crippen molar-refractivity contribution in [2.75, 3.05) is 5.32 Å². The molecule has 4 nitrogen and oxygen atoms in total. The van der Waals surface area contributed by atoms with Gasteiger partial charge in [-0.25, -0.2) is 0 Å². The highest BCUT2D eigenvalue weighted by atomic mass is 16.2. The maximum atomic E-state index is 12.6. The molecule has 0 atom stereocenters. The molecule has 3 aromatic rings. The van der Waals surface area contributed by atoms with E-state index in [0.29, 0.717) is 5.56 Å². The molecule has 1 heterocycles. The lowest BCUT2D eigenvalue weighted by Gasteiger charge is -2.13. The van der Waals surface area contributed by atoms with Gasteiger partial charge in [-0.15, -0.1) is 0 Å². The van der Waals surface area contributed by atoms with Crippen LogP contribution in [0.2, 0.25) is 0 Å². The SMILES string of the molecule is CC(=O)c1c(C)n(CC(=O)Nc2c(C)cccc2C)c2ccccc12. The summed E-state index contributed by atoms with van der Waals surface area (Å²) in [6.45, 7) is 7.59. The Labute approximate surface area is 147 Å². The molecule has 0 saturated heterocycles. The Morgan fingerprint density at radius 1 is 0.960 bits per heavy atom. The highest BCUT2D eigenvalue weighted by Gasteiger charge is 2.18. The molecule has 1 N–H and O–H groups in total. The number of rotatable bonds is 4. The molecule has 0 radical (unpaired) electrons. The van der Waals surface area contributed by atoms with Gasteiger partial charge in [0.25, 0.3) is 0 Å². The molecule has 0 spiro atoms. The Kier molecular flexibility index (Phi) is 4.45. The minimum atomic E-state index is -0.101. The summed E-state index contributed by atoms with van der Waals surface area (Å²) in [4.78, 5) is 24.7. The number of carbonyl (C=O) groups excluding carboxylic acids is 2. The molecule has 1 amide bonds. The first-order valence-electron chi connectivity index (χ1n) is 8.35. The van der Waals surface area contributed by atoms with Gasteiger partial charge in [-0.1, -0.05) is 36.4 Å². The fraction of sp³-hybridized carbons (Fsp3) is 0.238. The number of nitrogens with one attached hydrogen (secondary N) is 1. The number of carbonyl (C=O) groups is 2. The molecule has 25 heavy (non-hydrogen) atoms. The van der Waals surface area contributed by atoms with E-state index in [1.165, 1.54) is 0 Å². The number of aryl methyl sites for hydroxylation is 2. The van der Waals surface area contributed by atoms with E-state index in [2.05, 4.69) is 5.32 Å². The summed E-state index contributed by atoms with van der Waals surface area (Å²) in [6, 6.07) is 13.6. The lowest BCUT2D eigenvalue weighted by molar-refractivity contribution is -0.116. The Bertz CT molecular complexity index is 963. The topological polar surface area (TPSA) is 51.1 Å². The minimum absolute atomic E-state index is 0.0163. The van der Waals surface area contributed by atoms with Gasteiger partial charge in [0.15, 0.2) is 5.78 Å². The fourth-order valence-electron chi connectivity index (χ4n) is 3.41. The molecule has 0 aliphatic carbocycles.